The Morgan fingerprint density at radius 2 is 1.57 bits per heavy atom. The van der Waals surface area contributed by atoms with Gasteiger partial charge in [0.05, 0.1) is 0 Å². The maximum absolute atomic E-state index is 3.81. The van der Waals surface area contributed by atoms with Gasteiger partial charge in [-0.2, -0.15) is 0 Å². The SMILES string of the molecule is C=C/C=C(\C=C/C)N(C)c1ccc2cc3ccccc3cc2c1. The molecular formula is C22H21N. The number of likely N-dealkylation sites (N-methyl/N-ethyl adjacent to an activating group) is 1. The average molecular weight is 299 g/mol. The Balaban J connectivity index is 2.10. The largest absolute Gasteiger partial charge is 0.345 e. The smallest absolute Gasteiger partial charge is 0.0414 e. The number of fused-ring (bicyclic) bond motifs is 2. The average Bonchev–Trinajstić information content (AvgIpc) is 2.58. The van der Waals surface area contributed by atoms with E-state index in [1.807, 2.05) is 25.2 Å². The van der Waals surface area contributed by atoms with Crippen LogP contribution in [0.5, 0.6) is 0 Å². The molecule has 1 heteroatoms. The molecule has 0 aromatic heterocycles. The summed E-state index contributed by atoms with van der Waals surface area (Å²) < 4.78 is 0. The van der Waals surface area contributed by atoms with Crippen LogP contribution in [-0.4, -0.2) is 7.05 Å². The lowest BCUT2D eigenvalue weighted by Crippen LogP contribution is -2.14. The molecule has 0 aliphatic rings. The van der Waals surface area contributed by atoms with E-state index >= 15 is 0 Å². The van der Waals surface area contributed by atoms with E-state index in [1.165, 1.54) is 27.2 Å². The standard InChI is InChI=1S/C22H21N/c1-4-8-21(9-5-2)23(3)22-13-12-19-14-17-10-6-7-11-18(17)15-20(19)16-22/h4-16H,1H2,2-3H3/b9-5-,21-8+. The molecule has 0 amide bonds. The molecule has 0 saturated heterocycles. The molecule has 1 nitrogen and oxygen atoms in total. The molecule has 0 unspecified atom stereocenters. The van der Waals surface area contributed by atoms with Gasteiger partial charge in [-0.25, -0.2) is 0 Å². The fourth-order valence-electron chi connectivity index (χ4n) is 2.86. The summed E-state index contributed by atoms with van der Waals surface area (Å²) in [7, 11) is 2.08. The van der Waals surface area contributed by atoms with E-state index in [0.29, 0.717) is 0 Å². The van der Waals surface area contributed by atoms with Crippen LogP contribution in [0.1, 0.15) is 6.92 Å². The van der Waals surface area contributed by atoms with Crippen LogP contribution >= 0.6 is 0 Å². The van der Waals surface area contributed by atoms with E-state index in [1.54, 1.807) is 0 Å². The molecule has 0 spiro atoms. The molecule has 114 valence electrons. The molecule has 0 saturated carbocycles. The van der Waals surface area contributed by atoms with Gasteiger partial charge in [0.25, 0.3) is 0 Å². The van der Waals surface area contributed by atoms with Gasteiger partial charge in [0.1, 0.15) is 0 Å². The lowest BCUT2D eigenvalue weighted by Gasteiger charge is -2.21. The van der Waals surface area contributed by atoms with E-state index in [2.05, 4.69) is 79.2 Å². The molecule has 3 aromatic carbocycles. The van der Waals surface area contributed by atoms with E-state index in [4.69, 9.17) is 0 Å². The predicted molar refractivity (Wildman–Crippen MR) is 103 cm³/mol. The Bertz CT molecular complexity index is 916. The maximum Gasteiger partial charge on any atom is 0.0414 e. The highest BCUT2D eigenvalue weighted by Crippen LogP contribution is 2.28. The van der Waals surface area contributed by atoms with Gasteiger partial charge in [0.2, 0.25) is 0 Å². The van der Waals surface area contributed by atoms with Gasteiger partial charge in [0, 0.05) is 18.4 Å². The first-order chi connectivity index (χ1) is 11.2. The molecule has 3 aromatic rings. The van der Waals surface area contributed by atoms with Crippen molar-refractivity contribution in [1.29, 1.82) is 0 Å². The van der Waals surface area contributed by atoms with Crippen molar-refractivity contribution in [3.8, 4) is 0 Å². The van der Waals surface area contributed by atoms with Crippen LogP contribution in [0.15, 0.2) is 91.2 Å². The zero-order chi connectivity index (χ0) is 16.2. The Morgan fingerprint density at radius 3 is 2.22 bits per heavy atom. The van der Waals surface area contributed by atoms with Crippen LogP contribution in [0.2, 0.25) is 0 Å². The highest BCUT2D eigenvalue weighted by atomic mass is 15.1. The Morgan fingerprint density at radius 1 is 0.913 bits per heavy atom. The van der Waals surface area contributed by atoms with Gasteiger partial charge in [-0.3, -0.25) is 0 Å². The quantitative estimate of drug-likeness (QED) is 0.417. The normalized spacial score (nSPS) is 12.2. The first-order valence-corrected chi connectivity index (χ1v) is 7.84. The van der Waals surface area contributed by atoms with Crippen molar-refractivity contribution in [3.63, 3.8) is 0 Å². The van der Waals surface area contributed by atoms with E-state index < -0.39 is 0 Å². The Kier molecular flexibility index (Phi) is 4.29. The summed E-state index contributed by atoms with van der Waals surface area (Å²) in [6.45, 7) is 5.83. The number of allylic oxidation sites excluding steroid dienone is 4. The molecule has 0 atom stereocenters. The summed E-state index contributed by atoms with van der Waals surface area (Å²) in [6.07, 6.45) is 7.97. The fourth-order valence-corrected chi connectivity index (χ4v) is 2.86. The van der Waals surface area contributed by atoms with Gasteiger partial charge >= 0.3 is 0 Å². The molecule has 23 heavy (non-hydrogen) atoms. The monoisotopic (exact) mass is 299 g/mol. The van der Waals surface area contributed by atoms with Gasteiger partial charge in [-0.1, -0.05) is 49.1 Å². The fraction of sp³-hybridized carbons (Fsp3) is 0.0909. The topological polar surface area (TPSA) is 3.24 Å². The van der Waals surface area contributed by atoms with Crippen molar-refractivity contribution in [2.24, 2.45) is 0 Å². The van der Waals surface area contributed by atoms with Crippen molar-refractivity contribution < 1.29 is 0 Å². The molecule has 0 heterocycles. The number of benzene rings is 3. The molecule has 0 aliphatic heterocycles. The molecule has 0 N–H and O–H groups in total. The van der Waals surface area contributed by atoms with Crippen LogP contribution in [0, 0.1) is 0 Å². The number of nitrogens with zero attached hydrogens (tertiary/aromatic N) is 1. The predicted octanol–water partition coefficient (Wildman–Crippen LogP) is 6.08. The zero-order valence-electron chi connectivity index (χ0n) is 13.7. The van der Waals surface area contributed by atoms with E-state index in [9.17, 15) is 0 Å². The van der Waals surface area contributed by atoms with Gasteiger partial charge in [-0.15, -0.1) is 0 Å². The summed E-state index contributed by atoms with van der Waals surface area (Å²) in [5, 5.41) is 5.07. The number of rotatable bonds is 4. The minimum absolute atomic E-state index is 1.11. The number of hydrogen-bond donors (Lipinski definition) is 0. The van der Waals surface area contributed by atoms with Gasteiger partial charge in [0.15, 0.2) is 0 Å². The van der Waals surface area contributed by atoms with Gasteiger partial charge < -0.3 is 4.90 Å². The Hall–Kier alpha value is -2.80. The summed E-state index contributed by atoms with van der Waals surface area (Å²) in [5.41, 5.74) is 2.28. The molecule has 3 rings (SSSR count). The Labute approximate surface area is 137 Å². The lowest BCUT2D eigenvalue weighted by molar-refractivity contribution is 1.14. The second-order valence-electron chi connectivity index (χ2n) is 5.62. The minimum atomic E-state index is 1.11. The van der Waals surface area contributed by atoms with E-state index in [0.717, 1.165) is 5.70 Å². The lowest BCUT2D eigenvalue weighted by atomic mass is 10.0. The summed E-state index contributed by atoms with van der Waals surface area (Å²) in [5.74, 6) is 0. The van der Waals surface area contributed by atoms with E-state index in [-0.39, 0.29) is 0 Å². The summed E-state index contributed by atoms with van der Waals surface area (Å²) in [6, 6.07) is 19.6. The van der Waals surface area contributed by atoms with Crippen molar-refractivity contribution in [3.05, 3.63) is 91.2 Å². The summed E-state index contributed by atoms with van der Waals surface area (Å²) in [4.78, 5) is 2.18. The first-order valence-electron chi connectivity index (χ1n) is 7.84. The van der Waals surface area contributed by atoms with Crippen LogP contribution in [-0.2, 0) is 0 Å². The van der Waals surface area contributed by atoms with Crippen LogP contribution in [0.25, 0.3) is 21.5 Å². The molecule has 0 fully saturated rings. The number of anilines is 1. The maximum atomic E-state index is 3.81. The highest BCUT2D eigenvalue weighted by molar-refractivity contribution is 5.99. The third-order valence-corrected chi connectivity index (χ3v) is 4.09. The summed E-state index contributed by atoms with van der Waals surface area (Å²) >= 11 is 0. The van der Waals surface area contributed by atoms with Crippen molar-refractivity contribution >= 4 is 27.2 Å². The van der Waals surface area contributed by atoms with Crippen molar-refractivity contribution in [2.45, 2.75) is 6.92 Å². The molecule has 0 aliphatic carbocycles. The third-order valence-electron chi connectivity index (χ3n) is 4.09. The number of hydrogen-bond acceptors (Lipinski definition) is 1. The van der Waals surface area contributed by atoms with Crippen LogP contribution in [0.4, 0.5) is 5.69 Å². The molecule has 0 bridgehead atoms. The van der Waals surface area contributed by atoms with Crippen LogP contribution < -0.4 is 4.90 Å². The highest BCUT2D eigenvalue weighted by Gasteiger charge is 2.06. The zero-order valence-corrected chi connectivity index (χ0v) is 13.7. The minimum Gasteiger partial charge on any atom is -0.345 e. The first kappa shape index (κ1) is 15.1. The molecular weight excluding hydrogens is 278 g/mol. The second-order valence-corrected chi connectivity index (χ2v) is 5.62. The molecule has 0 radical (unpaired) electrons. The third kappa shape index (κ3) is 3.04. The van der Waals surface area contributed by atoms with Crippen molar-refractivity contribution in [2.75, 3.05) is 11.9 Å². The van der Waals surface area contributed by atoms with Gasteiger partial charge in [-0.05, 0) is 64.9 Å². The van der Waals surface area contributed by atoms with Crippen LogP contribution in [0.3, 0.4) is 0 Å². The van der Waals surface area contributed by atoms with Crippen molar-refractivity contribution in [1.82, 2.24) is 0 Å². The second kappa shape index (κ2) is 6.53.